The Hall–Kier alpha value is -4.21. The third-order valence-electron chi connectivity index (χ3n) is 6.91. The van der Waals surface area contributed by atoms with Crippen LogP contribution in [0.5, 0.6) is 0 Å². The first-order valence-corrected chi connectivity index (χ1v) is 12.9. The highest BCUT2D eigenvalue weighted by Gasteiger charge is 2.42. The fourth-order valence-corrected chi connectivity index (χ4v) is 5.39. The van der Waals surface area contributed by atoms with Gasteiger partial charge in [0.25, 0.3) is 0 Å². The van der Waals surface area contributed by atoms with Gasteiger partial charge in [0.15, 0.2) is 5.11 Å². The third-order valence-corrected chi connectivity index (χ3v) is 7.23. The van der Waals surface area contributed by atoms with Crippen LogP contribution in [0.4, 0.5) is 11.4 Å². The first kappa shape index (κ1) is 24.1. The number of carboxylic acids is 1. The van der Waals surface area contributed by atoms with Gasteiger partial charge in [-0.2, -0.15) is 0 Å². The zero-order chi connectivity index (χ0) is 26.1. The molecule has 2 aromatic heterocycles. The quantitative estimate of drug-likeness (QED) is 0.335. The summed E-state index contributed by atoms with van der Waals surface area (Å²) >= 11 is 5.83. The van der Waals surface area contributed by atoms with E-state index >= 15 is 0 Å². The Bertz CT molecular complexity index is 1450. The number of carbonyl (C=O) groups is 1. The molecule has 2 N–H and O–H groups in total. The highest BCUT2D eigenvalue weighted by Crippen LogP contribution is 2.43. The van der Waals surface area contributed by atoms with Crippen molar-refractivity contribution in [3.05, 3.63) is 102 Å². The van der Waals surface area contributed by atoms with Crippen LogP contribution in [0, 0.1) is 0 Å². The van der Waals surface area contributed by atoms with E-state index in [0.29, 0.717) is 22.2 Å². The number of hydrogen-bond donors (Lipinski definition) is 2. The van der Waals surface area contributed by atoms with Crippen molar-refractivity contribution >= 4 is 34.7 Å². The summed E-state index contributed by atoms with van der Waals surface area (Å²) in [5.74, 6) is 0.301. The van der Waals surface area contributed by atoms with E-state index in [1.807, 2.05) is 36.4 Å². The number of morpholine rings is 1. The number of aromatic carboxylic acids is 1. The van der Waals surface area contributed by atoms with Gasteiger partial charge in [0.05, 0.1) is 30.5 Å². The van der Waals surface area contributed by atoms with Gasteiger partial charge < -0.3 is 29.4 Å². The van der Waals surface area contributed by atoms with E-state index in [9.17, 15) is 9.90 Å². The SMILES string of the molecule is O=C(O)c1cccc(-c2ccc([C@@H]3[C@@H](c4ccccn4)NC(=S)N3c3ccc(N4CCOCC4)cc3)o2)c1. The molecule has 0 saturated carbocycles. The number of pyridine rings is 1. The number of hydrogen-bond acceptors (Lipinski definition) is 6. The normalized spacial score (nSPS) is 19.4. The molecule has 8 nitrogen and oxygen atoms in total. The molecule has 2 saturated heterocycles. The summed E-state index contributed by atoms with van der Waals surface area (Å²) in [5, 5.41) is 13.4. The zero-order valence-corrected chi connectivity index (χ0v) is 21.3. The molecule has 2 atom stereocenters. The molecule has 2 aromatic carbocycles. The number of aromatic nitrogens is 1. The van der Waals surface area contributed by atoms with Crippen molar-refractivity contribution in [3.63, 3.8) is 0 Å². The summed E-state index contributed by atoms with van der Waals surface area (Å²) in [6.45, 7) is 3.19. The minimum Gasteiger partial charge on any atom is -0.478 e. The molecule has 0 amide bonds. The molecule has 2 aliphatic rings. The Morgan fingerprint density at radius 3 is 2.50 bits per heavy atom. The number of ether oxygens (including phenoxy) is 1. The van der Waals surface area contributed by atoms with E-state index in [-0.39, 0.29) is 17.6 Å². The lowest BCUT2D eigenvalue weighted by Gasteiger charge is -2.30. The number of benzene rings is 2. The van der Waals surface area contributed by atoms with E-state index in [0.717, 1.165) is 43.4 Å². The van der Waals surface area contributed by atoms with Gasteiger partial charge in [-0.1, -0.05) is 18.2 Å². The molecule has 4 aromatic rings. The summed E-state index contributed by atoms with van der Waals surface area (Å²) in [5.41, 5.74) is 3.83. The Morgan fingerprint density at radius 2 is 1.76 bits per heavy atom. The van der Waals surface area contributed by atoms with Gasteiger partial charge in [-0.05, 0) is 72.9 Å². The molecule has 2 aliphatic heterocycles. The third kappa shape index (κ3) is 4.62. The molecule has 0 bridgehead atoms. The second-order valence-electron chi connectivity index (χ2n) is 9.20. The molecule has 0 spiro atoms. The van der Waals surface area contributed by atoms with E-state index in [2.05, 4.69) is 44.4 Å². The Kier molecular flexibility index (Phi) is 6.53. The lowest BCUT2D eigenvalue weighted by Crippen LogP contribution is -2.36. The predicted molar refractivity (Wildman–Crippen MR) is 149 cm³/mol. The minimum absolute atomic E-state index is 0.206. The van der Waals surface area contributed by atoms with Gasteiger partial charge in [0.1, 0.15) is 17.6 Å². The molecular formula is C29H26N4O4S. The molecule has 0 unspecified atom stereocenters. The monoisotopic (exact) mass is 526 g/mol. The molecule has 38 heavy (non-hydrogen) atoms. The molecule has 2 fully saturated rings. The Morgan fingerprint density at radius 1 is 0.974 bits per heavy atom. The van der Waals surface area contributed by atoms with Gasteiger partial charge in [-0.15, -0.1) is 0 Å². The van der Waals surface area contributed by atoms with Crippen LogP contribution in [-0.4, -0.2) is 47.5 Å². The maximum absolute atomic E-state index is 11.5. The number of anilines is 2. The van der Waals surface area contributed by atoms with Crippen molar-refractivity contribution in [1.82, 2.24) is 10.3 Å². The number of furan rings is 1. The maximum Gasteiger partial charge on any atom is 0.335 e. The highest BCUT2D eigenvalue weighted by atomic mass is 32.1. The standard InChI is InChI=1S/C29H26N4O4S/c34-28(35)20-5-3-4-19(18-20)24-11-12-25(37-24)27-26(23-6-1-2-13-30-23)31-29(38)33(27)22-9-7-21(8-10-22)32-14-16-36-17-15-32/h1-13,18,26-27H,14-17H2,(H,31,38)(H,34,35)/t26-,27-/m1/s1. The maximum atomic E-state index is 11.5. The van der Waals surface area contributed by atoms with Gasteiger partial charge in [0.2, 0.25) is 0 Å². The Balaban J connectivity index is 1.37. The molecule has 4 heterocycles. The van der Waals surface area contributed by atoms with Crippen LogP contribution >= 0.6 is 12.2 Å². The molecule has 0 radical (unpaired) electrons. The van der Waals surface area contributed by atoms with Crippen LogP contribution in [0.15, 0.2) is 89.5 Å². The van der Waals surface area contributed by atoms with Crippen LogP contribution < -0.4 is 15.1 Å². The van der Waals surface area contributed by atoms with Gasteiger partial charge in [-0.25, -0.2) is 4.79 Å². The smallest absolute Gasteiger partial charge is 0.335 e. The fraction of sp³-hybridized carbons (Fsp3) is 0.207. The van der Waals surface area contributed by atoms with Crippen molar-refractivity contribution in [1.29, 1.82) is 0 Å². The van der Waals surface area contributed by atoms with E-state index < -0.39 is 5.97 Å². The van der Waals surface area contributed by atoms with Crippen LogP contribution in [-0.2, 0) is 4.74 Å². The zero-order valence-electron chi connectivity index (χ0n) is 20.5. The predicted octanol–water partition coefficient (Wildman–Crippen LogP) is 5.05. The molecule has 192 valence electrons. The van der Waals surface area contributed by atoms with Crippen molar-refractivity contribution in [2.75, 3.05) is 36.1 Å². The van der Waals surface area contributed by atoms with Crippen molar-refractivity contribution in [2.45, 2.75) is 12.1 Å². The van der Waals surface area contributed by atoms with Gasteiger partial charge in [-0.3, -0.25) is 4.98 Å². The van der Waals surface area contributed by atoms with Gasteiger partial charge in [0, 0.05) is 36.2 Å². The van der Waals surface area contributed by atoms with Crippen molar-refractivity contribution < 1.29 is 19.1 Å². The number of thiocarbonyl (C=S) groups is 1. The van der Waals surface area contributed by atoms with Crippen LogP contribution in [0.1, 0.15) is 33.9 Å². The summed E-state index contributed by atoms with van der Waals surface area (Å²) in [6, 6.07) is 24.2. The number of carboxylic acid groups (broad SMARTS) is 1. The Labute approximate surface area is 225 Å². The lowest BCUT2D eigenvalue weighted by atomic mass is 10.0. The van der Waals surface area contributed by atoms with Crippen molar-refractivity contribution in [2.24, 2.45) is 0 Å². The first-order valence-electron chi connectivity index (χ1n) is 12.5. The van der Waals surface area contributed by atoms with Crippen LogP contribution in [0.25, 0.3) is 11.3 Å². The van der Waals surface area contributed by atoms with E-state index in [4.69, 9.17) is 21.4 Å². The largest absolute Gasteiger partial charge is 0.478 e. The number of nitrogens with zero attached hydrogens (tertiary/aromatic N) is 3. The fourth-order valence-electron chi connectivity index (χ4n) is 5.04. The molecule has 0 aliphatic carbocycles. The van der Waals surface area contributed by atoms with Gasteiger partial charge >= 0.3 is 5.97 Å². The molecular weight excluding hydrogens is 500 g/mol. The summed E-state index contributed by atoms with van der Waals surface area (Å²) in [6.07, 6.45) is 1.77. The lowest BCUT2D eigenvalue weighted by molar-refractivity contribution is 0.0697. The number of nitrogens with one attached hydrogen (secondary N) is 1. The van der Waals surface area contributed by atoms with E-state index in [1.54, 1.807) is 24.4 Å². The van der Waals surface area contributed by atoms with Crippen LogP contribution in [0.2, 0.25) is 0 Å². The summed E-state index contributed by atoms with van der Waals surface area (Å²) < 4.78 is 11.9. The molecule has 9 heteroatoms. The minimum atomic E-state index is -0.981. The first-order chi connectivity index (χ1) is 18.6. The van der Waals surface area contributed by atoms with Crippen molar-refractivity contribution in [3.8, 4) is 11.3 Å². The summed E-state index contributed by atoms with van der Waals surface area (Å²) in [7, 11) is 0. The number of rotatable bonds is 6. The van der Waals surface area contributed by atoms with E-state index in [1.165, 1.54) is 0 Å². The second-order valence-corrected chi connectivity index (χ2v) is 9.59. The second kappa shape index (κ2) is 10.3. The average Bonchev–Trinajstić information content (AvgIpc) is 3.59. The topological polar surface area (TPSA) is 91.1 Å². The average molecular weight is 527 g/mol. The molecule has 6 rings (SSSR count). The summed E-state index contributed by atoms with van der Waals surface area (Å²) in [4.78, 5) is 20.5. The van der Waals surface area contributed by atoms with Crippen LogP contribution in [0.3, 0.4) is 0 Å². The highest BCUT2D eigenvalue weighted by molar-refractivity contribution is 7.80.